The van der Waals surface area contributed by atoms with Crippen molar-refractivity contribution in [2.45, 2.75) is 13.0 Å². The molecule has 5 nitrogen and oxygen atoms in total. The van der Waals surface area contributed by atoms with Gasteiger partial charge in [0.2, 0.25) is 0 Å². The summed E-state index contributed by atoms with van der Waals surface area (Å²) in [7, 11) is 0. The number of anilines is 1. The summed E-state index contributed by atoms with van der Waals surface area (Å²) < 4.78 is 44.8. The molecular weight excluding hydrogens is 361 g/mol. The van der Waals surface area contributed by atoms with Crippen molar-refractivity contribution in [3.05, 3.63) is 71.7 Å². The van der Waals surface area contributed by atoms with Gasteiger partial charge in [0.1, 0.15) is 5.69 Å². The maximum Gasteiger partial charge on any atom is 0.357 e. The van der Waals surface area contributed by atoms with Crippen LogP contribution in [-0.4, -0.2) is 23.0 Å². The van der Waals surface area contributed by atoms with E-state index in [2.05, 4.69) is 4.98 Å². The standard InChI is InChI=1S/C19H13F3N2O3/c1-10(18(25)24-14-9-7-12(20)16(21)17(14)22)27-19(26)15-8-6-11-4-2-3-5-13(11)23-15/h2-10H,1H3,(H,24,25). The summed E-state index contributed by atoms with van der Waals surface area (Å²) in [5.41, 5.74) is 0.00546. The van der Waals surface area contributed by atoms with Crippen LogP contribution >= 0.6 is 0 Å². The van der Waals surface area contributed by atoms with Crippen LogP contribution in [0.5, 0.6) is 0 Å². The molecule has 2 aromatic carbocycles. The molecule has 0 radical (unpaired) electrons. The van der Waals surface area contributed by atoms with Crippen LogP contribution in [-0.2, 0) is 9.53 Å². The topological polar surface area (TPSA) is 68.3 Å². The first kappa shape index (κ1) is 18.4. The van der Waals surface area contributed by atoms with Gasteiger partial charge in [-0.15, -0.1) is 0 Å². The van der Waals surface area contributed by atoms with Crippen LogP contribution in [0.1, 0.15) is 17.4 Å². The monoisotopic (exact) mass is 374 g/mol. The van der Waals surface area contributed by atoms with Crippen molar-refractivity contribution in [2.75, 3.05) is 5.32 Å². The normalized spacial score (nSPS) is 11.9. The van der Waals surface area contributed by atoms with Crippen LogP contribution in [0.3, 0.4) is 0 Å². The Hall–Kier alpha value is -3.42. The number of pyridine rings is 1. The summed E-state index contributed by atoms with van der Waals surface area (Å²) >= 11 is 0. The number of nitrogens with one attached hydrogen (secondary N) is 1. The summed E-state index contributed by atoms with van der Waals surface area (Å²) in [6.07, 6.45) is -1.32. The Labute approximate surface area is 151 Å². The summed E-state index contributed by atoms with van der Waals surface area (Å²) in [5, 5.41) is 2.87. The lowest BCUT2D eigenvalue weighted by Crippen LogP contribution is -2.30. The number of aromatic nitrogens is 1. The highest BCUT2D eigenvalue weighted by molar-refractivity contribution is 5.97. The number of carbonyl (C=O) groups is 2. The zero-order chi connectivity index (χ0) is 19.6. The number of para-hydroxylation sites is 1. The van der Waals surface area contributed by atoms with Gasteiger partial charge in [0.15, 0.2) is 23.6 Å². The Balaban J connectivity index is 1.70. The van der Waals surface area contributed by atoms with Gasteiger partial charge in [-0.2, -0.15) is 0 Å². The molecule has 3 rings (SSSR count). The van der Waals surface area contributed by atoms with E-state index in [-0.39, 0.29) is 5.69 Å². The van der Waals surface area contributed by atoms with Gasteiger partial charge >= 0.3 is 5.97 Å². The highest BCUT2D eigenvalue weighted by atomic mass is 19.2. The van der Waals surface area contributed by atoms with E-state index in [9.17, 15) is 22.8 Å². The SMILES string of the molecule is CC(OC(=O)c1ccc2ccccc2n1)C(=O)Nc1ccc(F)c(F)c1F. The molecule has 0 spiro atoms. The fraction of sp³-hybridized carbons (Fsp3) is 0.105. The molecule has 0 aliphatic heterocycles. The van der Waals surface area contributed by atoms with Crippen molar-refractivity contribution < 1.29 is 27.5 Å². The summed E-state index contributed by atoms with van der Waals surface area (Å²) in [6, 6.07) is 11.8. The predicted molar refractivity (Wildman–Crippen MR) is 91.6 cm³/mol. The van der Waals surface area contributed by atoms with Gasteiger partial charge in [-0.05, 0) is 31.2 Å². The maximum atomic E-state index is 13.6. The lowest BCUT2D eigenvalue weighted by atomic mass is 10.2. The number of hydrogen-bond acceptors (Lipinski definition) is 4. The van der Waals surface area contributed by atoms with Gasteiger partial charge < -0.3 is 10.1 Å². The first-order valence-electron chi connectivity index (χ1n) is 7.88. The smallest absolute Gasteiger partial charge is 0.357 e. The molecule has 1 heterocycles. The Kier molecular flexibility index (Phi) is 5.07. The molecule has 1 atom stereocenters. The fourth-order valence-corrected chi connectivity index (χ4v) is 2.31. The first-order valence-corrected chi connectivity index (χ1v) is 7.88. The molecule has 27 heavy (non-hydrogen) atoms. The Morgan fingerprint density at radius 2 is 1.74 bits per heavy atom. The summed E-state index contributed by atoms with van der Waals surface area (Å²) in [4.78, 5) is 28.4. The molecular formula is C19H13F3N2O3. The number of fused-ring (bicyclic) bond motifs is 1. The van der Waals surface area contributed by atoms with E-state index in [0.717, 1.165) is 11.5 Å². The van der Waals surface area contributed by atoms with E-state index in [1.165, 1.54) is 13.0 Å². The van der Waals surface area contributed by atoms with Crippen LogP contribution in [0.15, 0.2) is 48.5 Å². The predicted octanol–water partition coefficient (Wildman–Crippen LogP) is 3.84. The maximum absolute atomic E-state index is 13.6. The van der Waals surface area contributed by atoms with Crippen molar-refractivity contribution in [1.29, 1.82) is 0 Å². The van der Waals surface area contributed by atoms with E-state index >= 15 is 0 Å². The van der Waals surface area contributed by atoms with Gasteiger partial charge in [-0.25, -0.2) is 22.9 Å². The van der Waals surface area contributed by atoms with E-state index < -0.39 is 41.1 Å². The van der Waals surface area contributed by atoms with Crippen LogP contribution in [0.2, 0.25) is 0 Å². The molecule has 1 unspecified atom stereocenters. The molecule has 1 aromatic heterocycles. The quantitative estimate of drug-likeness (QED) is 0.557. The average molecular weight is 374 g/mol. The molecule has 1 N–H and O–H groups in total. The zero-order valence-electron chi connectivity index (χ0n) is 14.0. The molecule has 0 bridgehead atoms. The second kappa shape index (κ2) is 7.45. The number of carbonyl (C=O) groups excluding carboxylic acids is 2. The fourth-order valence-electron chi connectivity index (χ4n) is 2.31. The highest BCUT2D eigenvalue weighted by Gasteiger charge is 2.22. The van der Waals surface area contributed by atoms with Crippen molar-refractivity contribution >= 4 is 28.5 Å². The number of hydrogen-bond donors (Lipinski definition) is 1. The first-order chi connectivity index (χ1) is 12.9. The van der Waals surface area contributed by atoms with Crippen molar-refractivity contribution in [2.24, 2.45) is 0 Å². The van der Waals surface area contributed by atoms with Gasteiger partial charge in [0.25, 0.3) is 5.91 Å². The van der Waals surface area contributed by atoms with Crippen LogP contribution in [0.4, 0.5) is 18.9 Å². The Morgan fingerprint density at radius 1 is 1.00 bits per heavy atom. The molecule has 0 aliphatic carbocycles. The van der Waals surface area contributed by atoms with Gasteiger partial charge in [-0.3, -0.25) is 4.79 Å². The molecule has 0 fully saturated rings. The van der Waals surface area contributed by atoms with Gasteiger partial charge in [-0.1, -0.05) is 24.3 Å². The number of esters is 1. The Bertz CT molecular complexity index is 1040. The third-order valence-electron chi connectivity index (χ3n) is 3.75. The lowest BCUT2D eigenvalue weighted by molar-refractivity contribution is -0.123. The Morgan fingerprint density at radius 3 is 2.52 bits per heavy atom. The zero-order valence-corrected chi connectivity index (χ0v) is 14.0. The van der Waals surface area contributed by atoms with Gasteiger partial charge in [0, 0.05) is 5.39 Å². The molecule has 3 aromatic rings. The molecule has 138 valence electrons. The molecule has 0 saturated heterocycles. The van der Waals surface area contributed by atoms with Crippen LogP contribution in [0.25, 0.3) is 10.9 Å². The molecule has 8 heteroatoms. The van der Waals surface area contributed by atoms with Gasteiger partial charge in [0.05, 0.1) is 11.2 Å². The van der Waals surface area contributed by atoms with Crippen molar-refractivity contribution in [1.82, 2.24) is 4.98 Å². The second-order valence-corrected chi connectivity index (χ2v) is 5.65. The molecule has 0 aliphatic rings. The number of rotatable bonds is 4. The minimum atomic E-state index is -1.71. The largest absolute Gasteiger partial charge is 0.448 e. The van der Waals surface area contributed by atoms with Crippen molar-refractivity contribution in [3.63, 3.8) is 0 Å². The van der Waals surface area contributed by atoms with E-state index in [0.29, 0.717) is 11.6 Å². The minimum Gasteiger partial charge on any atom is -0.448 e. The number of halogens is 3. The third-order valence-corrected chi connectivity index (χ3v) is 3.75. The highest BCUT2D eigenvalue weighted by Crippen LogP contribution is 2.20. The second-order valence-electron chi connectivity index (χ2n) is 5.65. The van der Waals surface area contributed by atoms with E-state index in [1.807, 2.05) is 17.4 Å². The lowest BCUT2D eigenvalue weighted by Gasteiger charge is -2.14. The van der Waals surface area contributed by atoms with E-state index in [1.54, 1.807) is 18.2 Å². The van der Waals surface area contributed by atoms with E-state index in [4.69, 9.17) is 4.74 Å². The molecule has 0 saturated carbocycles. The van der Waals surface area contributed by atoms with Crippen LogP contribution in [0, 0.1) is 17.5 Å². The summed E-state index contributed by atoms with van der Waals surface area (Å²) in [6.45, 7) is 1.26. The van der Waals surface area contributed by atoms with Crippen molar-refractivity contribution in [3.8, 4) is 0 Å². The van der Waals surface area contributed by atoms with Crippen LogP contribution < -0.4 is 5.32 Å². The minimum absolute atomic E-state index is 0.00708. The summed E-state index contributed by atoms with van der Waals surface area (Å²) in [5.74, 6) is -6.40. The third kappa shape index (κ3) is 3.89. The number of benzene rings is 2. The number of amides is 1. The average Bonchev–Trinajstić information content (AvgIpc) is 2.67. The number of ether oxygens (including phenoxy) is 1. The molecule has 1 amide bonds. The number of nitrogens with zero attached hydrogens (tertiary/aromatic N) is 1.